The van der Waals surface area contributed by atoms with Crippen LogP contribution in [0.2, 0.25) is 0 Å². The molecule has 2 heterocycles. The van der Waals surface area contributed by atoms with Crippen molar-refractivity contribution in [2.45, 2.75) is 38.2 Å². The Kier molecular flexibility index (Phi) is 4.82. The molecule has 0 aromatic heterocycles. The maximum Gasteiger partial charge on any atom is 0.236 e. The lowest BCUT2D eigenvalue weighted by atomic mass is 9.84. The first-order valence-electron chi connectivity index (χ1n) is 9.48. The molecule has 0 atom stereocenters. The average Bonchev–Trinajstić information content (AvgIpc) is 2.68. The van der Waals surface area contributed by atoms with Crippen molar-refractivity contribution < 1.29 is 13.2 Å². The Balaban J connectivity index is 1.42. The maximum absolute atomic E-state index is 12.7. The van der Waals surface area contributed by atoms with Crippen molar-refractivity contribution in [3.8, 4) is 5.75 Å². The van der Waals surface area contributed by atoms with Gasteiger partial charge in [-0.3, -0.25) is 0 Å². The van der Waals surface area contributed by atoms with E-state index < -0.39 is 10.0 Å². The molecule has 0 N–H and O–H groups in total. The molecule has 0 bridgehead atoms. The average molecular weight is 384 g/mol. The molecule has 2 aliphatic heterocycles. The Labute approximate surface area is 161 Å². The summed E-state index contributed by atoms with van der Waals surface area (Å²) >= 11 is 0. The van der Waals surface area contributed by atoms with E-state index >= 15 is 0 Å². The van der Waals surface area contributed by atoms with Gasteiger partial charge in [0.05, 0.1) is 0 Å². The minimum Gasteiger partial charge on any atom is -0.487 e. The van der Waals surface area contributed by atoms with Crippen molar-refractivity contribution in [3.63, 3.8) is 0 Å². The SMILES string of the molecule is Cc1ccc(/C=C/S(=O)(=O)N2CCC3(CCc4ccccc4O3)CC2)cc1. The minimum absolute atomic E-state index is 0.221. The van der Waals surface area contributed by atoms with Gasteiger partial charge in [0, 0.05) is 31.3 Å². The lowest BCUT2D eigenvalue weighted by molar-refractivity contribution is 0.00202. The molecule has 4 rings (SSSR count). The molecule has 2 aromatic carbocycles. The molecule has 142 valence electrons. The van der Waals surface area contributed by atoms with Crippen LogP contribution in [0.5, 0.6) is 5.75 Å². The van der Waals surface area contributed by atoms with E-state index in [0.29, 0.717) is 13.1 Å². The zero-order chi connectivity index (χ0) is 18.9. The molecular weight excluding hydrogens is 358 g/mol. The summed E-state index contributed by atoms with van der Waals surface area (Å²) in [5.41, 5.74) is 3.08. The number of benzene rings is 2. The van der Waals surface area contributed by atoms with Crippen molar-refractivity contribution in [1.29, 1.82) is 0 Å². The van der Waals surface area contributed by atoms with Gasteiger partial charge in [0.25, 0.3) is 0 Å². The second-order valence-corrected chi connectivity index (χ2v) is 9.37. The summed E-state index contributed by atoms with van der Waals surface area (Å²) in [5, 5.41) is 1.33. The Hall–Kier alpha value is -2.11. The lowest BCUT2D eigenvalue weighted by Gasteiger charge is -2.44. The van der Waals surface area contributed by atoms with Crippen LogP contribution < -0.4 is 4.74 Å². The number of rotatable bonds is 3. The monoisotopic (exact) mass is 383 g/mol. The van der Waals surface area contributed by atoms with Gasteiger partial charge < -0.3 is 4.74 Å². The highest BCUT2D eigenvalue weighted by Gasteiger charge is 2.41. The topological polar surface area (TPSA) is 46.6 Å². The van der Waals surface area contributed by atoms with E-state index in [2.05, 4.69) is 6.07 Å². The molecule has 0 radical (unpaired) electrons. The fourth-order valence-electron chi connectivity index (χ4n) is 3.89. The molecule has 0 aliphatic carbocycles. The van der Waals surface area contributed by atoms with Crippen LogP contribution >= 0.6 is 0 Å². The van der Waals surface area contributed by atoms with Gasteiger partial charge in [0.15, 0.2) is 0 Å². The third kappa shape index (κ3) is 3.94. The van der Waals surface area contributed by atoms with Crippen LogP contribution in [-0.4, -0.2) is 31.4 Å². The summed E-state index contributed by atoms with van der Waals surface area (Å²) in [6, 6.07) is 16.0. The number of sulfonamides is 1. The smallest absolute Gasteiger partial charge is 0.236 e. The van der Waals surface area contributed by atoms with Gasteiger partial charge in [-0.05, 0) is 43.0 Å². The highest BCUT2D eigenvalue weighted by molar-refractivity contribution is 7.92. The number of para-hydroxylation sites is 1. The van der Waals surface area contributed by atoms with Crippen molar-refractivity contribution in [2.75, 3.05) is 13.1 Å². The second kappa shape index (κ2) is 7.13. The molecule has 0 saturated carbocycles. The Morgan fingerprint density at radius 1 is 1.00 bits per heavy atom. The van der Waals surface area contributed by atoms with Crippen LogP contribution in [0.25, 0.3) is 6.08 Å². The minimum atomic E-state index is -3.41. The van der Waals surface area contributed by atoms with Crippen molar-refractivity contribution in [1.82, 2.24) is 4.31 Å². The molecule has 1 saturated heterocycles. The molecule has 5 heteroatoms. The van der Waals surface area contributed by atoms with E-state index in [9.17, 15) is 8.42 Å². The zero-order valence-corrected chi connectivity index (χ0v) is 16.4. The first kappa shape index (κ1) is 18.3. The van der Waals surface area contributed by atoms with Crippen LogP contribution in [0.3, 0.4) is 0 Å². The molecule has 1 spiro atoms. The van der Waals surface area contributed by atoms with Gasteiger partial charge in [-0.15, -0.1) is 0 Å². The number of piperidine rings is 1. The van der Waals surface area contributed by atoms with E-state index in [0.717, 1.165) is 42.6 Å². The van der Waals surface area contributed by atoms with Crippen molar-refractivity contribution in [2.24, 2.45) is 0 Å². The number of hydrogen-bond donors (Lipinski definition) is 0. The normalized spacial score (nSPS) is 19.7. The highest BCUT2D eigenvalue weighted by atomic mass is 32.2. The predicted molar refractivity (Wildman–Crippen MR) is 108 cm³/mol. The quantitative estimate of drug-likeness (QED) is 0.800. The van der Waals surface area contributed by atoms with Gasteiger partial charge in [0.1, 0.15) is 11.4 Å². The fourth-order valence-corrected chi connectivity index (χ4v) is 5.08. The molecule has 0 unspecified atom stereocenters. The molecular formula is C22H25NO3S. The van der Waals surface area contributed by atoms with Crippen molar-refractivity contribution in [3.05, 3.63) is 70.6 Å². The Morgan fingerprint density at radius 3 is 2.44 bits per heavy atom. The second-order valence-electron chi connectivity index (χ2n) is 7.55. The van der Waals surface area contributed by atoms with E-state index in [-0.39, 0.29) is 5.60 Å². The Morgan fingerprint density at radius 2 is 1.70 bits per heavy atom. The summed E-state index contributed by atoms with van der Waals surface area (Å²) in [6.07, 6.45) is 5.09. The zero-order valence-electron chi connectivity index (χ0n) is 15.6. The first-order chi connectivity index (χ1) is 13.0. The van der Waals surface area contributed by atoms with Gasteiger partial charge >= 0.3 is 0 Å². The van der Waals surface area contributed by atoms with Crippen LogP contribution in [0.15, 0.2) is 53.9 Å². The first-order valence-corrected chi connectivity index (χ1v) is 11.0. The Bertz CT molecular complexity index is 940. The molecule has 2 aromatic rings. The standard InChI is InChI=1S/C22H25NO3S/c1-18-6-8-19(9-7-18)11-17-27(24,25)23-15-13-22(14-16-23)12-10-20-4-2-3-5-21(20)26-22/h2-9,11,17H,10,12-16H2,1H3/b17-11+. The summed E-state index contributed by atoms with van der Waals surface area (Å²) < 4.78 is 33.3. The molecule has 4 nitrogen and oxygen atoms in total. The maximum atomic E-state index is 12.7. The van der Waals surface area contributed by atoms with E-state index in [1.54, 1.807) is 10.4 Å². The largest absolute Gasteiger partial charge is 0.487 e. The van der Waals surface area contributed by atoms with E-state index in [1.807, 2.05) is 49.4 Å². The van der Waals surface area contributed by atoms with Gasteiger partial charge in [-0.25, -0.2) is 8.42 Å². The lowest BCUT2D eigenvalue weighted by Crippen LogP contribution is -2.50. The predicted octanol–water partition coefficient (Wildman–Crippen LogP) is 4.16. The molecule has 2 aliphatic rings. The van der Waals surface area contributed by atoms with Crippen LogP contribution in [0, 0.1) is 6.92 Å². The number of hydrogen-bond acceptors (Lipinski definition) is 3. The summed E-state index contributed by atoms with van der Waals surface area (Å²) in [4.78, 5) is 0. The molecule has 0 amide bonds. The number of fused-ring (bicyclic) bond motifs is 1. The third-order valence-electron chi connectivity index (χ3n) is 5.65. The van der Waals surface area contributed by atoms with Crippen LogP contribution in [0.4, 0.5) is 0 Å². The number of nitrogens with zero attached hydrogens (tertiary/aromatic N) is 1. The van der Waals surface area contributed by atoms with Gasteiger partial charge in [0.2, 0.25) is 10.0 Å². The van der Waals surface area contributed by atoms with Gasteiger partial charge in [-0.2, -0.15) is 4.31 Å². The number of aryl methyl sites for hydroxylation is 2. The fraction of sp³-hybridized carbons (Fsp3) is 0.364. The molecule has 1 fully saturated rings. The van der Waals surface area contributed by atoms with E-state index in [4.69, 9.17) is 4.74 Å². The highest BCUT2D eigenvalue weighted by Crippen LogP contribution is 2.39. The van der Waals surface area contributed by atoms with Crippen molar-refractivity contribution >= 4 is 16.1 Å². The summed E-state index contributed by atoms with van der Waals surface area (Å²) in [6.45, 7) is 3.02. The van der Waals surface area contributed by atoms with Crippen LogP contribution in [0.1, 0.15) is 36.0 Å². The molecule has 27 heavy (non-hydrogen) atoms. The summed E-state index contributed by atoms with van der Waals surface area (Å²) in [5.74, 6) is 0.958. The van der Waals surface area contributed by atoms with Crippen LogP contribution in [-0.2, 0) is 16.4 Å². The van der Waals surface area contributed by atoms with Gasteiger partial charge in [-0.1, -0.05) is 48.0 Å². The van der Waals surface area contributed by atoms with E-state index in [1.165, 1.54) is 11.0 Å². The third-order valence-corrected chi connectivity index (χ3v) is 7.22. The summed E-state index contributed by atoms with van der Waals surface area (Å²) in [7, 11) is -3.41. The number of ether oxygens (including phenoxy) is 1.